The summed E-state index contributed by atoms with van der Waals surface area (Å²) < 4.78 is 0. The summed E-state index contributed by atoms with van der Waals surface area (Å²) in [6.07, 6.45) is 0. The molecule has 0 aromatic heterocycles. The number of aryl methyl sites for hydroxylation is 2. The molecule has 1 nitrogen and oxygen atoms in total. The fraction of sp³-hybridized carbons (Fsp3) is 0.100. The van der Waals surface area contributed by atoms with E-state index in [1.54, 1.807) is 0 Å². The molecule has 0 saturated carbocycles. The van der Waals surface area contributed by atoms with Crippen LogP contribution in [0.5, 0.6) is 0 Å². The molecule has 1 heteroatoms. The first-order valence-corrected chi connectivity index (χ1v) is 7.18. The normalized spacial score (nSPS) is 10.6. The average Bonchev–Trinajstić information content (AvgIpc) is 2.51. The zero-order chi connectivity index (χ0) is 14.8. The molecule has 0 bridgehead atoms. The molecule has 0 heterocycles. The highest BCUT2D eigenvalue weighted by Crippen LogP contribution is 2.32. The minimum Gasteiger partial charge on any atom is -0.398 e. The van der Waals surface area contributed by atoms with Gasteiger partial charge in [0.15, 0.2) is 0 Å². The van der Waals surface area contributed by atoms with Crippen molar-refractivity contribution < 1.29 is 0 Å². The second kappa shape index (κ2) is 5.45. The highest BCUT2D eigenvalue weighted by atomic mass is 14.6. The van der Waals surface area contributed by atoms with Gasteiger partial charge < -0.3 is 5.73 Å². The van der Waals surface area contributed by atoms with Gasteiger partial charge in [-0.1, -0.05) is 54.6 Å². The second-order valence-corrected chi connectivity index (χ2v) is 5.47. The standard InChI is InChI=1S/C20H19N/c1-14-8-9-18(12-15(14)2)19-13-17(10-11-20(19)21)16-6-4-3-5-7-16/h3-13H,21H2,1-2H3. The molecule has 2 N–H and O–H groups in total. The zero-order valence-corrected chi connectivity index (χ0v) is 12.4. The molecule has 3 rings (SSSR count). The summed E-state index contributed by atoms with van der Waals surface area (Å²) in [6.45, 7) is 4.26. The van der Waals surface area contributed by atoms with Crippen molar-refractivity contribution in [3.05, 3.63) is 77.9 Å². The van der Waals surface area contributed by atoms with Crippen molar-refractivity contribution in [3.8, 4) is 22.3 Å². The molecule has 104 valence electrons. The van der Waals surface area contributed by atoms with Gasteiger partial charge in [-0.05, 0) is 53.8 Å². The van der Waals surface area contributed by atoms with Crippen LogP contribution in [0.15, 0.2) is 66.7 Å². The van der Waals surface area contributed by atoms with Gasteiger partial charge in [0.25, 0.3) is 0 Å². The van der Waals surface area contributed by atoms with E-state index < -0.39 is 0 Å². The van der Waals surface area contributed by atoms with Crippen LogP contribution in [0.2, 0.25) is 0 Å². The largest absolute Gasteiger partial charge is 0.398 e. The lowest BCUT2D eigenvalue weighted by atomic mass is 9.95. The fourth-order valence-corrected chi connectivity index (χ4v) is 2.53. The van der Waals surface area contributed by atoms with E-state index in [-0.39, 0.29) is 0 Å². The summed E-state index contributed by atoms with van der Waals surface area (Å²) in [5, 5.41) is 0. The molecule has 0 saturated heterocycles. The maximum Gasteiger partial charge on any atom is 0.0394 e. The first-order valence-electron chi connectivity index (χ1n) is 7.18. The van der Waals surface area contributed by atoms with Gasteiger partial charge in [-0.15, -0.1) is 0 Å². The number of nitrogens with two attached hydrogens (primary N) is 1. The van der Waals surface area contributed by atoms with Crippen molar-refractivity contribution in [1.29, 1.82) is 0 Å². The van der Waals surface area contributed by atoms with Crippen LogP contribution >= 0.6 is 0 Å². The van der Waals surface area contributed by atoms with Gasteiger partial charge >= 0.3 is 0 Å². The molecule has 3 aromatic rings. The lowest BCUT2D eigenvalue weighted by Crippen LogP contribution is -1.92. The van der Waals surface area contributed by atoms with Gasteiger partial charge in [0, 0.05) is 11.3 Å². The van der Waals surface area contributed by atoms with E-state index in [1.165, 1.54) is 27.8 Å². The fourth-order valence-electron chi connectivity index (χ4n) is 2.53. The minimum absolute atomic E-state index is 0.818. The third-order valence-corrected chi connectivity index (χ3v) is 3.98. The van der Waals surface area contributed by atoms with Crippen molar-refractivity contribution >= 4 is 5.69 Å². The molecule has 3 aromatic carbocycles. The van der Waals surface area contributed by atoms with Crippen LogP contribution in [-0.4, -0.2) is 0 Å². The molecule has 21 heavy (non-hydrogen) atoms. The van der Waals surface area contributed by atoms with Gasteiger partial charge in [0.05, 0.1) is 0 Å². The summed E-state index contributed by atoms with van der Waals surface area (Å²) in [5.74, 6) is 0. The molecule has 0 aliphatic heterocycles. The van der Waals surface area contributed by atoms with E-state index in [9.17, 15) is 0 Å². The number of anilines is 1. The predicted octanol–water partition coefficient (Wildman–Crippen LogP) is 5.22. The first kappa shape index (κ1) is 13.4. The maximum absolute atomic E-state index is 6.19. The van der Waals surface area contributed by atoms with Crippen LogP contribution in [0.25, 0.3) is 22.3 Å². The highest BCUT2D eigenvalue weighted by molar-refractivity contribution is 5.82. The van der Waals surface area contributed by atoms with Crippen molar-refractivity contribution in [2.45, 2.75) is 13.8 Å². The third kappa shape index (κ3) is 2.68. The van der Waals surface area contributed by atoms with Crippen LogP contribution in [-0.2, 0) is 0 Å². The Balaban J connectivity index is 2.12. The van der Waals surface area contributed by atoms with E-state index in [0.717, 1.165) is 11.3 Å². The SMILES string of the molecule is Cc1ccc(-c2cc(-c3ccccc3)ccc2N)cc1C. The molecule has 0 aliphatic carbocycles. The molecular formula is C20H19N. The third-order valence-electron chi connectivity index (χ3n) is 3.98. The van der Waals surface area contributed by atoms with Gasteiger partial charge in [0.2, 0.25) is 0 Å². The molecule has 0 aliphatic rings. The molecule has 0 amide bonds. The topological polar surface area (TPSA) is 26.0 Å². The van der Waals surface area contributed by atoms with Crippen LogP contribution in [0, 0.1) is 13.8 Å². The number of hydrogen-bond acceptors (Lipinski definition) is 1. The van der Waals surface area contributed by atoms with Crippen molar-refractivity contribution in [3.63, 3.8) is 0 Å². The van der Waals surface area contributed by atoms with Crippen molar-refractivity contribution in [2.24, 2.45) is 0 Å². The second-order valence-electron chi connectivity index (χ2n) is 5.47. The minimum atomic E-state index is 0.818. The zero-order valence-electron chi connectivity index (χ0n) is 12.4. The molecule has 0 radical (unpaired) electrons. The molecular weight excluding hydrogens is 254 g/mol. The Labute approximate surface area is 126 Å². The lowest BCUT2D eigenvalue weighted by Gasteiger charge is -2.11. The number of rotatable bonds is 2. The molecule has 0 atom stereocenters. The Morgan fingerprint density at radius 3 is 2.05 bits per heavy atom. The summed E-state index contributed by atoms with van der Waals surface area (Å²) in [5.41, 5.74) is 14.3. The maximum atomic E-state index is 6.19. The molecule has 0 unspecified atom stereocenters. The van der Waals surface area contributed by atoms with Crippen molar-refractivity contribution in [2.75, 3.05) is 5.73 Å². The quantitative estimate of drug-likeness (QED) is 0.636. The summed E-state index contributed by atoms with van der Waals surface area (Å²) in [6, 6.07) is 23.1. The van der Waals surface area contributed by atoms with Gasteiger partial charge in [-0.3, -0.25) is 0 Å². The smallest absolute Gasteiger partial charge is 0.0394 e. The van der Waals surface area contributed by atoms with Crippen molar-refractivity contribution in [1.82, 2.24) is 0 Å². The van der Waals surface area contributed by atoms with Crippen LogP contribution in [0.4, 0.5) is 5.69 Å². The Morgan fingerprint density at radius 1 is 0.619 bits per heavy atom. The highest BCUT2D eigenvalue weighted by Gasteiger charge is 2.06. The number of nitrogen functional groups attached to an aromatic ring is 1. The van der Waals surface area contributed by atoms with E-state index in [1.807, 2.05) is 12.1 Å². The van der Waals surface area contributed by atoms with E-state index in [2.05, 4.69) is 68.4 Å². The summed E-state index contributed by atoms with van der Waals surface area (Å²) in [7, 11) is 0. The van der Waals surface area contributed by atoms with E-state index >= 15 is 0 Å². The van der Waals surface area contributed by atoms with E-state index in [0.29, 0.717) is 0 Å². The summed E-state index contributed by atoms with van der Waals surface area (Å²) in [4.78, 5) is 0. The van der Waals surface area contributed by atoms with Crippen LogP contribution in [0.1, 0.15) is 11.1 Å². The van der Waals surface area contributed by atoms with Gasteiger partial charge in [0.1, 0.15) is 0 Å². The first-order chi connectivity index (χ1) is 10.1. The number of hydrogen-bond donors (Lipinski definition) is 1. The predicted molar refractivity (Wildman–Crippen MR) is 91.2 cm³/mol. The number of benzene rings is 3. The Morgan fingerprint density at radius 2 is 1.33 bits per heavy atom. The Kier molecular flexibility index (Phi) is 3.49. The Bertz CT molecular complexity index is 773. The van der Waals surface area contributed by atoms with E-state index in [4.69, 9.17) is 5.73 Å². The van der Waals surface area contributed by atoms with Gasteiger partial charge in [-0.25, -0.2) is 0 Å². The lowest BCUT2D eigenvalue weighted by molar-refractivity contribution is 1.34. The monoisotopic (exact) mass is 273 g/mol. The van der Waals surface area contributed by atoms with Crippen LogP contribution in [0.3, 0.4) is 0 Å². The average molecular weight is 273 g/mol. The molecule has 0 fully saturated rings. The van der Waals surface area contributed by atoms with Crippen LogP contribution < -0.4 is 5.73 Å². The Hall–Kier alpha value is -2.54. The molecule has 0 spiro atoms. The van der Waals surface area contributed by atoms with Gasteiger partial charge in [-0.2, -0.15) is 0 Å². The summed E-state index contributed by atoms with van der Waals surface area (Å²) >= 11 is 0.